The lowest BCUT2D eigenvalue weighted by Gasteiger charge is -2.24. The van der Waals surface area contributed by atoms with E-state index in [0.29, 0.717) is 17.5 Å². The number of Topliss-reactive ketones (excluding diaryl/α,β-unsaturated/α-hetero) is 1. The zero-order valence-corrected chi connectivity index (χ0v) is 17.6. The molecule has 0 spiro atoms. The molecule has 7 nitrogen and oxygen atoms in total. The number of hydrogen-bond donors (Lipinski definition) is 3. The molecule has 7 heteroatoms. The van der Waals surface area contributed by atoms with Gasteiger partial charge in [0.1, 0.15) is 5.75 Å². The number of carbonyl (C=O) groups excluding carboxylic acids is 2. The van der Waals surface area contributed by atoms with Crippen LogP contribution in [0, 0.1) is 0 Å². The molecule has 1 unspecified atom stereocenters. The number of aromatic nitrogens is 2. The summed E-state index contributed by atoms with van der Waals surface area (Å²) in [5.41, 5.74) is 2.85. The van der Waals surface area contributed by atoms with Crippen molar-refractivity contribution in [2.24, 2.45) is 0 Å². The molecular weight excluding hydrogens is 418 g/mol. The van der Waals surface area contributed by atoms with Gasteiger partial charge in [-0.25, -0.2) is 4.98 Å². The second kappa shape index (κ2) is 8.27. The summed E-state index contributed by atoms with van der Waals surface area (Å²) < 4.78 is 0. The fraction of sp³-hybridized carbons (Fsp3) is 0.115. The molecule has 0 radical (unpaired) electrons. The number of nitrogens with one attached hydrogen (secondary N) is 1. The maximum Gasteiger partial charge on any atom is 0.296 e. The Balaban J connectivity index is 1.56. The van der Waals surface area contributed by atoms with Crippen LogP contribution in [0.4, 0.5) is 5.95 Å². The number of aryl methyl sites for hydroxylation is 1. The number of ketones is 1. The topological polar surface area (TPSA) is 107 Å². The third-order valence-electron chi connectivity index (χ3n) is 5.78. The maximum atomic E-state index is 13.3. The number of amides is 1. The molecule has 1 aromatic heterocycles. The highest BCUT2D eigenvalue weighted by molar-refractivity contribution is 6.16. The van der Waals surface area contributed by atoms with Gasteiger partial charge in [0.05, 0.1) is 22.6 Å². The maximum absolute atomic E-state index is 13.3. The highest BCUT2D eigenvalue weighted by Gasteiger charge is 2.45. The van der Waals surface area contributed by atoms with Crippen LogP contribution in [0.1, 0.15) is 23.6 Å². The zero-order chi connectivity index (χ0) is 22.9. The Hall–Kier alpha value is -4.39. The zero-order valence-electron chi connectivity index (χ0n) is 17.6. The van der Waals surface area contributed by atoms with Gasteiger partial charge in [0.15, 0.2) is 11.5 Å². The fourth-order valence-corrected chi connectivity index (χ4v) is 4.21. The molecule has 3 N–H and O–H groups in total. The van der Waals surface area contributed by atoms with Crippen molar-refractivity contribution in [1.29, 1.82) is 0 Å². The van der Waals surface area contributed by atoms with E-state index in [4.69, 9.17) is 0 Å². The molecule has 4 aromatic rings. The number of nitrogens with zero attached hydrogens (tertiary/aromatic N) is 2. The summed E-state index contributed by atoms with van der Waals surface area (Å²) >= 11 is 0. The van der Waals surface area contributed by atoms with Crippen LogP contribution in [0.15, 0.2) is 90.2 Å². The number of phenolic OH excluding ortho intramolecular Hbond substituents is 1. The van der Waals surface area contributed by atoms with Gasteiger partial charge >= 0.3 is 0 Å². The number of aliphatic hydroxyl groups is 1. The highest BCUT2D eigenvalue weighted by Crippen LogP contribution is 2.41. The van der Waals surface area contributed by atoms with E-state index in [0.717, 1.165) is 11.1 Å². The quantitative estimate of drug-likeness (QED) is 0.414. The standard InChI is InChI=1S/C26H21N3O4/c30-18-10-6-9-17(15-18)23-22(21(31)14-13-16-7-2-1-3-8-16)24(32)25(33)29(23)26-27-19-11-4-5-12-20(19)28-26/h1-12,15,23,30,32H,13-14H2,(H,27,28). The molecular formula is C26H21N3O4. The predicted molar refractivity (Wildman–Crippen MR) is 124 cm³/mol. The van der Waals surface area contributed by atoms with Gasteiger partial charge in [0, 0.05) is 6.42 Å². The predicted octanol–water partition coefficient (Wildman–Crippen LogP) is 4.37. The van der Waals surface area contributed by atoms with Gasteiger partial charge in [-0.15, -0.1) is 0 Å². The average molecular weight is 439 g/mol. The number of para-hydroxylation sites is 2. The van der Waals surface area contributed by atoms with Crippen molar-refractivity contribution in [3.05, 3.63) is 101 Å². The Kier molecular flexibility index (Phi) is 5.14. The van der Waals surface area contributed by atoms with Crippen molar-refractivity contribution < 1.29 is 19.8 Å². The monoisotopic (exact) mass is 439 g/mol. The molecule has 164 valence electrons. The van der Waals surface area contributed by atoms with Crippen molar-refractivity contribution in [1.82, 2.24) is 9.97 Å². The second-order valence-corrected chi connectivity index (χ2v) is 7.92. The van der Waals surface area contributed by atoms with E-state index in [9.17, 15) is 19.8 Å². The Labute approximate surface area is 189 Å². The van der Waals surface area contributed by atoms with Crippen LogP contribution in [-0.4, -0.2) is 31.9 Å². The van der Waals surface area contributed by atoms with E-state index >= 15 is 0 Å². The molecule has 3 aromatic carbocycles. The summed E-state index contributed by atoms with van der Waals surface area (Å²) in [7, 11) is 0. The first-order valence-electron chi connectivity index (χ1n) is 10.6. The van der Waals surface area contributed by atoms with Crippen LogP contribution in [-0.2, 0) is 16.0 Å². The van der Waals surface area contributed by atoms with Crippen molar-refractivity contribution in [3.8, 4) is 5.75 Å². The number of carbonyl (C=O) groups is 2. The number of aromatic amines is 1. The Bertz CT molecular complexity index is 1360. The van der Waals surface area contributed by atoms with E-state index in [1.807, 2.05) is 48.5 Å². The summed E-state index contributed by atoms with van der Waals surface area (Å²) in [4.78, 5) is 35.4. The first-order chi connectivity index (χ1) is 16.0. The number of hydrogen-bond acceptors (Lipinski definition) is 5. The van der Waals surface area contributed by atoms with Crippen molar-refractivity contribution in [2.75, 3.05) is 4.90 Å². The third kappa shape index (κ3) is 3.74. The second-order valence-electron chi connectivity index (χ2n) is 7.92. The van der Waals surface area contributed by atoms with Gasteiger partial charge in [-0.3, -0.25) is 14.5 Å². The molecule has 0 fully saturated rings. The van der Waals surface area contributed by atoms with E-state index in [2.05, 4.69) is 9.97 Å². The van der Waals surface area contributed by atoms with Crippen LogP contribution in [0.5, 0.6) is 5.75 Å². The summed E-state index contributed by atoms with van der Waals surface area (Å²) in [6.07, 6.45) is 0.599. The van der Waals surface area contributed by atoms with Gasteiger partial charge in [0.2, 0.25) is 5.95 Å². The Morgan fingerprint density at radius 1 is 0.970 bits per heavy atom. The van der Waals surface area contributed by atoms with Crippen molar-refractivity contribution in [2.45, 2.75) is 18.9 Å². The SMILES string of the molecule is O=C(CCc1ccccc1)C1=C(O)C(=O)N(c2nc3ccccc3[nH]2)C1c1cccc(O)c1. The van der Waals surface area contributed by atoms with E-state index in [1.54, 1.807) is 18.2 Å². The molecule has 0 saturated carbocycles. The molecule has 5 rings (SSSR count). The summed E-state index contributed by atoms with van der Waals surface area (Å²) in [5.74, 6) is -1.44. The summed E-state index contributed by atoms with van der Waals surface area (Å²) in [6, 6.07) is 22.3. The number of rotatable bonds is 6. The fourth-order valence-electron chi connectivity index (χ4n) is 4.21. The van der Waals surface area contributed by atoms with E-state index < -0.39 is 17.7 Å². The number of imidazole rings is 1. The minimum absolute atomic E-state index is 0.00184. The number of benzene rings is 3. The van der Waals surface area contributed by atoms with Crippen LogP contribution in [0.2, 0.25) is 0 Å². The molecule has 1 atom stereocenters. The Morgan fingerprint density at radius 2 is 1.73 bits per heavy atom. The lowest BCUT2D eigenvalue weighted by molar-refractivity contribution is -0.118. The lowest BCUT2D eigenvalue weighted by Crippen LogP contribution is -2.32. The van der Waals surface area contributed by atoms with Gasteiger partial charge in [-0.05, 0) is 41.8 Å². The number of phenols is 1. The molecule has 0 aliphatic carbocycles. The van der Waals surface area contributed by atoms with Crippen molar-refractivity contribution >= 4 is 28.7 Å². The number of anilines is 1. The van der Waals surface area contributed by atoms with Gasteiger partial charge in [0.25, 0.3) is 5.91 Å². The minimum Gasteiger partial charge on any atom is -0.508 e. The number of aromatic hydroxyl groups is 1. The molecule has 2 heterocycles. The van der Waals surface area contributed by atoms with Crippen LogP contribution < -0.4 is 4.90 Å². The average Bonchev–Trinajstić information content (AvgIpc) is 3.37. The van der Waals surface area contributed by atoms with E-state index in [-0.39, 0.29) is 29.5 Å². The van der Waals surface area contributed by atoms with E-state index in [1.165, 1.54) is 17.0 Å². The number of aliphatic hydroxyl groups excluding tert-OH is 1. The lowest BCUT2D eigenvalue weighted by atomic mass is 9.93. The largest absolute Gasteiger partial charge is 0.508 e. The normalized spacial score (nSPS) is 16.1. The van der Waals surface area contributed by atoms with Gasteiger partial charge in [-0.2, -0.15) is 0 Å². The highest BCUT2D eigenvalue weighted by atomic mass is 16.3. The summed E-state index contributed by atoms with van der Waals surface area (Å²) in [6.45, 7) is 0. The summed E-state index contributed by atoms with van der Waals surface area (Å²) in [5, 5.41) is 20.9. The molecule has 0 saturated heterocycles. The molecule has 33 heavy (non-hydrogen) atoms. The van der Waals surface area contributed by atoms with Gasteiger partial charge in [-0.1, -0.05) is 54.6 Å². The molecule has 0 bridgehead atoms. The molecule has 1 aliphatic rings. The number of fused-ring (bicyclic) bond motifs is 1. The first-order valence-corrected chi connectivity index (χ1v) is 10.6. The first kappa shape index (κ1) is 20.5. The van der Waals surface area contributed by atoms with Crippen LogP contribution in [0.3, 0.4) is 0 Å². The van der Waals surface area contributed by atoms with Crippen LogP contribution in [0.25, 0.3) is 11.0 Å². The van der Waals surface area contributed by atoms with Crippen LogP contribution >= 0.6 is 0 Å². The van der Waals surface area contributed by atoms with Gasteiger partial charge < -0.3 is 15.2 Å². The smallest absolute Gasteiger partial charge is 0.296 e. The minimum atomic E-state index is -0.923. The number of H-pyrrole nitrogens is 1. The molecule has 1 amide bonds. The Morgan fingerprint density at radius 3 is 2.48 bits per heavy atom. The van der Waals surface area contributed by atoms with Crippen molar-refractivity contribution in [3.63, 3.8) is 0 Å². The third-order valence-corrected chi connectivity index (χ3v) is 5.78. The molecule has 1 aliphatic heterocycles.